The Hall–Kier alpha value is -1.80. The van der Waals surface area contributed by atoms with Crippen LogP contribution in [-0.4, -0.2) is 17.7 Å². The molecular formula is C19H17IN2O2S. The van der Waals surface area contributed by atoms with Crippen LogP contribution in [0.25, 0.3) is 6.08 Å². The second kappa shape index (κ2) is 8.05. The maximum absolute atomic E-state index is 12.2. The molecule has 25 heavy (non-hydrogen) atoms. The highest BCUT2D eigenvalue weighted by Gasteiger charge is 2.23. The fourth-order valence-electron chi connectivity index (χ4n) is 2.25. The van der Waals surface area contributed by atoms with Crippen LogP contribution < -0.4 is 10.1 Å². The predicted molar refractivity (Wildman–Crippen MR) is 112 cm³/mol. The zero-order valence-electron chi connectivity index (χ0n) is 13.9. The highest BCUT2D eigenvalue weighted by Crippen LogP contribution is 2.29. The molecule has 128 valence electrons. The number of amidine groups is 1. The van der Waals surface area contributed by atoms with E-state index in [0.29, 0.717) is 16.7 Å². The number of thioether (sulfide) groups is 1. The number of hydrogen-bond acceptors (Lipinski definition) is 4. The number of benzene rings is 2. The first-order chi connectivity index (χ1) is 12.0. The quantitative estimate of drug-likeness (QED) is 0.518. The molecule has 0 radical (unpaired) electrons. The van der Waals surface area contributed by atoms with Gasteiger partial charge in [-0.15, -0.1) is 0 Å². The number of aliphatic imine (C=N–C) groups is 1. The maximum atomic E-state index is 12.2. The van der Waals surface area contributed by atoms with Crippen molar-refractivity contribution in [2.45, 2.75) is 13.8 Å². The van der Waals surface area contributed by atoms with E-state index in [1.54, 1.807) is 0 Å². The predicted octanol–water partition coefficient (Wildman–Crippen LogP) is 4.89. The number of hydrogen-bond donors (Lipinski definition) is 1. The first kappa shape index (κ1) is 18.0. The molecule has 1 aliphatic rings. The third kappa shape index (κ3) is 4.64. The van der Waals surface area contributed by atoms with Gasteiger partial charge >= 0.3 is 0 Å². The lowest BCUT2D eigenvalue weighted by Gasteiger charge is -2.06. The van der Waals surface area contributed by atoms with Crippen LogP contribution in [0.2, 0.25) is 0 Å². The summed E-state index contributed by atoms with van der Waals surface area (Å²) in [4.78, 5) is 17.3. The van der Waals surface area contributed by atoms with Gasteiger partial charge in [0.25, 0.3) is 5.91 Å². The molecule has 0 aliphatic carbocycles. The van der Waals surface area contributed by atoms with Crippen molar-refractivity contribution in [2.75, 3.05) is 6.61 Å². The van der Waals surface area contributed by atoms with Gasteiger partial charge in [-0.2, -0.15) is 0 Å². The first-order valence-electron chi connectivity index (χ1n) is 7.84. The standard InChI is InChI=1S/C19H17IN2O2S/c1-3-24-16-9-6-13(10-15(16)20)11-17-18(23)22-19(25-17)21-14-7-4-12(2)5-8-14/h4-11H,3H2,1-2H3,(H,21,22,23)/b17-11-. The molecule has 2 aromatic rings. The molecule has 0 spiro atoms. The smallest absolute Gasteiger partial charge is 0.264 e. The van der Waals surface area contributed by atoms with Gasteiger partial charge in [0.1, 0.15) is 5.75 Å². The van der Waals surface area contributed by atoms with Gasteiger partial charge in [0.2, 0.25) is 0 Å². The number of rotatable bonds is 4. The third-order valence-electron chi connectivity index (χ3n) is 3.47. The summed E-state index contributed by atoms with van der Waals surface area (Å²) in [5.74, 6) is 0.732. The zero-order chi connectivity index (χ0) is 17.8. The van der Waals surface area contributed by atoms with Crippen molar-refractivity contribution in [1.29, 1.82) is 0 Å². The number of aryl methyl sites for hydroxylation is 1. The van der Waals surface area contributed by atoms with E-state index in [9.17, 15) is 4.79 Å². The molecule has 0 bridgehead atoms. The molecule has 1 N–H and O–H groups in total. The molecule has 6 heteroatoms. The zero-order valence-corrected chi connectivity index (χ0v) is 16.8. The molecule has 0 unspecified atom stereocenters. The van der Waals surface area contributed by atoms with Gasteiger partial charge < -0.3 is 10.1 Å². The number of amides is 1. The van der Waals surface area contributed by atoms with E-state index in [1.807, 2.05) is 62.4 Å². The molecule has 1 saturated heterocycles. The molecule has 4 nitrogen and oxygen atoms in total. The normalized spacial score (nSPS) is 17.2. The lowest BCUT2D eigenvalue weighted by atomic mass is 10.2. The Bertz CT molecular complexity index is 860. The monoisotopic (exact) mass is 464 g/mol. The van der Waals surface area contributed by atoms with Gasteiger partial charge in [0, 0.05) is 0 Å². The number of carbonyl (C=O) groups excluding carboxylic acids is 1. The summed E-state index contributed by atoms with van der Waals surface area (Å²) >= 11 is 3.59. The Kier molecular flexibility index (Phi) is 5.80. The van der Waals surface area contributed by atoms with Gasteiger partial charge in [0.05, 0.1) is 20.8 Å². The molecule has 0 saturated carbocycles. The fraction of sp³-hybridized carbons (Fsp3) is 0.158. The van der Waals surface area contributed by atoms with E-state index in [0.717, 1.165) is 20.6 Å². The number of halogens is 1. The summed E-state index contributed by atoms with van der Waals surface area (Å²) in [6.45, 7) is 4.62. The van der Waals surface area contributed by atoms with Gasteiger partial charge in [-0.1, -0.05) is 23.8 Å². The van der Waals surface area contributed by atoms with Crippen LogP contribution in [0.1, 0.15) is 18.1 Å². The van der Waals surface area contributed by atoms with Crippen molar-refractivity contribution in [3.05, 3.63) is 62.1 Å². The van der Waals surface area contributed by atoms with Crippen molar-refractivity contribution >= 4 is 57.2 Å². The van der Waals surface area contributed by atoms with Crippen molar-refractivity contribution in [3.63, 3.8) is 0 Å². The van der Waals surface area contributed by atoms with Crippen LogP contribution in [0.3, 0.4) is 0 Å². The van der Waals surface area contributed by atoms with Crippen molar-refractivity contribution in [3.8, 4) is 5.75 Å². The van der Waals surface area contributed by atoms with Gasteiger partial charge in [-0.3, -0.25) is 4.79 Å². The molecule has 1 aliphatic heterocycles. The number of ether oxygens (including phenoxy) is 1. The van der Waals surface area contributed by atoms with Crippen molar-refractivity contribution in [1.82, 2.24) is 5.32 Å². The minimum absolute atomic E-state index is 0.125. The van der Waals surface area contributed by atoms with E-state index in [1.165, 1.54) is 17.3 Å². The summed E-state index contributed by atoms with van der Waals surface area (Å²) in [5, 5.41) is 3.41. The number of nitrogens with zero attached hydrogens (tertiary/aromatic N) is 1. The minimum atomic E-state index is -0.125. The van der Waals surface area contributed by atoms with Crippen LogP contribution in [-0.2, 0) is 4.79 Å². The average Bonchev–Trinajstić information content (AvgIpc) is 2.92. The molecule has 2 aromatic carbocycles. The Labute approximate surface area is 164 Å². The number of nitrogens with one attached hydrogen (secondary N) is 1. The summed E-state index contributed by atoms with van der Waals surface area (Å²) in [5.41, 5.74) is 2.96. The Morgan fingerprint density at radius 3 is 2.68 bits per heavy atom. The van der Waals surface area contributed by atoms with Gasteiger partial charge in [-0.05, 0) is 84.1 Å². The van der Waals surface area contributed by atoms with E-state index < -0.39 is 0 Å². The molecule has 1 amide bonds. The lowest BCUT2D eigenvalue weighted by molar-refractivity contribution is -0.115. The average molecular weight is 464 g/mol. The fourth-order valence-corrected chi connectivity index (χ4v) is 3.78. The van der Waals surface area contributed by atoms with E-state index in [4.69, 9.17) is 4.74 Å². The van der Waals surface area contributed by atoms with Crippen LogP contribution in [0.4, 0.5) is 5.69 Å². The van der Waals surface area contributed by atoms with Crippen LogP contribution in [0.5, 0.6) is 5.75 Å². The largest absolute Gasteiger partial charge is 0.493 e. The molecule has 3 rings (SSSR count). The lowest BCUT2D eigenvalue weighted by Crippen LogP contribution is -2.19. The summed E-state index contributed by atoms with van der Waals surface area (Å²) in [6, 6.07) is 13.7. The SMILES string of the molecule is CCOc1ccc(/C=C2\SC(=Nc3ccc(C)cc3)NC2=O)cc1I. The topological polar surface area (TPSA) is 50.7 Å². The molecule has 0 aromatic heterocycles. The van der Waals surface area contributed by atoms with Crippen molar-refractivity contribution in [2.24, 2.45) is 4.99 Å². The van der Waals surface area contributed by atoms with Crippen LogP contribution >= 0.6 is 34.4 Å². The second-order valence-corrected chi connectivity index (χ2v) is 7.63. The van der Waals surface area contributed by atoms with Gasteiger partial charge in [0.15, 0.2) is 5.17 Å². The van der Waals surface area contributed by atoms with E-state index in [2.05, 4.69) is 32.9 Å². The molecule has 1 heterocycles. The van der Waals surface area contributed by atoms with Crippen LogP contribution in [0, 0.1) is 10.5 Å². The number of carbonyl (C=O) groups is 1. The van der Waals surface area contributed by atoms with Crippen LogP contribution in [0.15, 0.2) is 52.4 Å². The Morgan fingerprint density at radius 2 is 2.00 bits per heavy atom. The first-order valence-corrected chi connectivity index (χ1v) is 9.73. The third-order valence-corrected chi connectivity index (χ3v) is 5.22. The molecule has 1 fully saturated rings. The summed E-state index contributed by atoms with van der Waals surface area (Å²) in [6.07, 6.45) is 1.87. The molecular weight excluding hydrogens is 447 g/mol. The van der Waals surface area contributed by atoms with Crippen molar-refractivity contribution < 1.29 is 9.53 Å². The molecule has 0 atom stereocenters. The van der Waals surface area contributed by atoms with E-state index >= 15 is 0 Å². The Balaban J connectivity index is 1.79. The van der Waals surface area contributed by atoms with Gasteiger partial charge in [-0.25, -0.2) is 4.99 Å². The summed E-state index contributed by atoms with van der Waals surface area (Å²) < 4.78 is 6.56. The second-order valence-electron chi connectivity index (χ2n) is 5.44. The maximum Gasteiger partial charge on any atom is 0.264 e. The van der Waals surface area contributed by atoms with E-state index in [-0.39, 0.29) is 5.91 Å². The minimum Gasteiger partial charge on any atom is -0.493 e. The summed E-state index contributed by atoms with van der Waals surface area (Å²) in [7, 11) is 0. The Morgan fingerprint density at radius 1 is 1.24 bits per heavy atom. The highest BCUT2D eigenvalue weighted by atomic mass is 127. The highest BCUT2D eigenvalue weighted by molar-refractivity contribution is 14.1.